The first-order valence-electron chi connectivity index (χ1n) is 7.12. The first kappa shape index (κ1) is 16.9. The fourth-order valence-corrected chi connectivity index (χ4v) is 3.56. The number of rotatable bonds is 8. The van der Waals surface area contributed by atoms with Gasteiger partial charge in [0.1, 0.15) is 5.01 Å². The second kappa shape index (κ2) is 8.23. The van der Waals surface area contributed by atoms with E-state index in [0.717, 1.165) is 17.8 Å². The van der Waals surface area contributed by atoms with Gasteiger partial charge < -0.3 is 4.52 Å². The van der Waals surface area contributed by atoms with Crippen molar-refractivity contribution >= 4 is 34.1 Å². The molecular weight excluding hydrogens is 322 g/mol. The Hall–Kier alpha value is -1.48. The van der Waals surface area contributed by atoms with Crippen LogP contribution in [0.4, 0.5) is 5.13 Å². The first-order valence-corrected chi connectivity index (χ1v) is 9.09. The van der Waals surface area contributed by atoms with E-state index in [0.29, 0.717) is 34.3 Å². The minimum atomic E-state index is -0.0996. The number of aryl methyl sites for hydroxylation is 1. The minimum absolute atomic E-state index is 0.0996. The molecule has 120 valence electrons. The molecule has 2 aromatic heterocycles. The highest BCUT2D eigenvalue weighted by Gasteiger charge is 2.14. The van der Waals surface area contributed by atoms with Crippen molar-refractivity contribution in [3.63, 3.8) is 0 Å². The van der Waals surface area contributed by atoms with Gasteiger partial charge in [-0.25, -0.2) is 0 Å². The van der Waals surface area contributed by atoms with Crippen molar-refractivity contribution in [1.29, 1.82) is 0 Å². The minimum Gasteiger partial charge on any atom is -0.340 e. The van der Waals surface area contributed by atoms with Crippen molar-refractivity contribution in [3.8, 4) is 0 Å². The number of amides is 1. The summed E-state index contributed by atoms with van der Waals surface area (Å²) in [6, 6.07) is 0. The van der Waals surface area contributed by atoms with Crippen LogP contribution in [0.25, 0.3) is 0 Å². The molecule has 0 unspecified atom stereocenters. The van der Waals surface area contributed by atoms with E-state index in [4.69, 9.17) is 4.52 Å². The molecule has 2 aromatic rings. The zero-order valence-electron chi connectivity index (χ0n) is 12.8. The summed E-state index contributed by atoms with van der Waals surface area (Å²) >= 11 is 2.88. The molecule has 0 aromatic carbocycles. The van der Waals surface area contributed by atoms with Gasteiger partial charge in [0.15, 0.2) is 5.82 Å². The summed E-state index contributed by atoms with van der Waals surface area (Å²) in [5.41, 5.74) is 0. The lowest BCUT2D eigenvalue weighted by molar-refractivity contribution is -0.113. The van der Waals surface area contributed by atoms with Gasteiger partial charge in [-0.15, -0.1) is 22.0 Å². The highest BCUT2D eigenvalue weighted by molar-refractivity contribution is 7.99. The monoisotopic (exact) mass is 341 g/mol. The standard InChI is InChI=1S/C13H19N5O2S2/c1-4-9(5-2)12-16-17-13(22-12)15-11(19)7-21-6-10-14-8(3)20-18-10/h9H,4-7H2,1-3H3,(H,15,17,19). The van der Waals surface area contributed by atoms with Crippen molar-refractivity contribution in [2.45, 2.75) is 45.3 Å². The van der Waals surface area contributed by atoms with Gasteiger partial charge in [-0.05, 0) is 12.8 Å². The van der Waals surface area contributed by atoms with Crippen LogP contribution >= 0.6 is 23.1 Å². The number of aromatic nitrogens is 4. The van der Waals surface area contributed by atoms with Gasteiger partial charge in [0.25, 0.3) is 0 Å². The Morgan fingerprint density at radius 2 is 2.14 bits per heavy atom. The topological polar surface area (TPSA) is 93.8 Å². The zero-order valence-corrected chi connectivity index (χ0v) is 14.5. The van der Waals surface area contributed by atoms with E-state index in [2.05, 4.69) is 39.5 Å². The molecule has 2 heterocycles. The number of carbonyl (C=O) groups is 1. The van der Waals surface area contributed by atoms with Gasteiger partial charge in [0.05, 0.1) is 11.5 Å². The third kappa shape index (κ3) is 4.77. The molecule has 1 N–H and O–H groups in total. The van der Waals surface area contributed by atoms with E-state index in [9.17, 15) is 4.79 Å². The molecule has 0 aliphatic rings. The Labute approximate surface area is 137 Å². The summed E-state index contributed by atoms with van der Waals surface area (Å²) in [5, 5.41) is 16.3. The summed E-state index contributed by atoms with van der Waals surface area (Å²) < 4.78 is 4.87. The second-order valence-corrected chi connectivity index (χ2v) is 6.72. The third-order valence-corrected chi connectivity index (χ3v) is 4.99. The van der Waals surface area contributed by atoms with Crippen LogP contribution in [-0.4, -0.2) is 32.0 Å². The number of nitrogens with zero attached hydrogens (tertiary/aromatic N) is 4. The smallest absolute Gasteiger partial charge is 0.236 e. The number of nitrogens with one attached hydrogen (secondary N) is 1. The molecule has 7 nitrogen and oxygen atoms in total. The highest BCUT2D eigenvalue weighted by atomic mass is 32.2. The van der Waals surface area contributed by atoms with Crippen LogP contribution in [0.2, 0.25) is 0 Å². The van der Waals surface area contributed by atoms with Crippen LogP contribution in [0.15, 0.2) is 4.52 Å². The van der Waals surface area contributed by atoms with E-state index >= 15 is 0 Å². The molecule has 0 saturated heterocycles. The molecular formula is C13H19N5O2S2. The second-order valence-electron chi connectivity index (χ2n) is 4.73. The number of anilines is 1. The van der Waals surface area contributed by atoms with Crippen molar-refractivity contribution in [3.05, 3.63) is 16.7 Å². The molecule has 0 bridgehead atoms. The molecule has 9 heteroatoms. The summed E-state index contributed by atoms with van der Waals surface area (Å²) in [6.45, 7) is 6.00. The average Bonchev–Trinajstić information content (AvgIpc) is 3.10. The van der Waals surface area contributed by atoms with Gasteiger partial charge in [0, 0.05) is 12.8 Å². The number of thioether (sulfide) groups is 1. The lowest BCUT2D eigenvalue weighted by atomic mass is 10.1. The Morgan fingerprint density at radius 3 is 2.77 bits per heavy atom. The molecule has 0 fully saturated rings. The number of carbonyl (C=O) groups excluding carboxylic acids is 1. The lowest BCUT2D eigenvalue weighted by Gasteiger charge is -2.05. The molecule has 0 aliphatic carbocycles. The van der Waals surface area contributed by atoms with Gasteiger partial charge in [0.2, 0.25) is 16.9 Å². The summed E-state index contributed by atoms with van der Waals surface area (Å²) in [5.74, 6) is 2.30. The summed E-state index contributed by atoms with van der Waals surface area (Å²) in [7, 11) is 0. The third-order valence-electron chi connectivity index (χ3n) is 3.06. The van der Waals surface area contributed by atoms with Crippen LogP contribution in [-0.2, 0) is 10.5 Å². The quantitative estimate of drug-likeness (QED) is 0.788. The fraction of sp³-hybridized carbons (Fsp3) is 0.615. The molecule has 0 saturated carbocycles. The fourth-order valence-electron chi connectivity index (χ4n) is 1.88. The predicted octanol–water partition coefficient (Wildman–Crippen LogP) is 3.01. The summed E-state index contributed by atoms with van der Waals surface area (Å²) in [4.78, 5) is 16.0. The average molecular weight is 341 g/mol. The Morgan fingerprint density at radius 1 is 1.36 bits per heavy atom. The van der Waals surface area contributed by atoms with E-state index in [-0.39, 0.29) is 5.91 Å². The lowest BCUT2D eigenvalue weighted by Crippen LogP contribution is -2.14. The van der Waals surface area contributed by atoms with E-state index in [1.165, 1.54) is 23.1 Å². The van der Waals surface area contributed by atoms with Gasteiger partial charge >= 0.3 is 0 Å². The maximum atomic E-state index is 11.9. The normalized spacial score (nSPS) is 11.1. The molecule has 0 atom stereocenters. The van der Waals surface area contributed by atoms with Crippen molar-refractivity contribution in [1.82, 2.24) is 20.3 Å². The Bertz CT molecular complexity index is 609. The Balaban J connectivity index is 1.77. The van der Waals surface area contributed by atoms with Crippen LogP contribution in [0.1, 0.15) is 49.3 Å². The SMILES string of the molecule is CCC(CC)c1nnc(NC(=O)CSCc2noc(C)n2)s1. The molecule has 2 rings (SSSR count). The van der Waals surface area contributed by atoms with Gasteiger partial charge in [-0.1, -0.05) is 30.3 Å². The largest absolute Gasteiger partial charge is 0.340 e. The zero-order chi connectivity index (χ0) is 15.9. The maximum Gasteiger partial charge on any atom is 0.236 e. The summed E-state index contributed by atoms with van der Waals surface area (Å²) in [6.07, 6.45) is 2.05. The first-order chi connectivity index (χ1) is 10.6. The van der Waals surface area contributed by atoms with Crippen molar-refractivity contribution in [2.75, 3.05) is 11.1 Å². The number of hydrogen-bond donors (Lipinski definition) is 1. The van der Waals surface area contributed by atoms with E-state index in [1.807, 2.05) is 0 Å². The van der Waals surface area contributed by atoms with E-state index in [1.54, 1.807) is 6.92 Å². The number of hydrogen-bond acceptors (Lipinski definition) is 8. The van der Waals surface area contributed by atoms with Crippen LogP contribution in [0.5, 0.6) is 0 Å². The van der Waals surface area contributed by atoms with Crippen LogP contribution in [0.3, 0.4) is 0 Å². The van der Waals surface area contributed by atoms with Gasteiger partial charge in [-0.3, -0.25) is 10.1 Å². The predicted molar refractivity (Wildman–Crippen MR) is 87.1 cm³/mol. The molecule has 1 amide bonds. The molecule has 0 spiro atoms. The van der Waals surface area contributed by atoms with Gasteiger partial charge in [-0.2, -0.15) is 4.98 Å². The van der Waals surface area contributed by atoms with E-state index < -0.39 is 0 Å². The maximum absolute atomic E-state index is 11.9. The van der Waals surface area contributed by atoms with Crippen molar-refractivity contribution in [2.24, 2.45) is 0 Å². The molecule has 22 heavy (non-hydrogen) atoms. The Kier molecular flexibility index (Phi) is 6.32. The highest BCUT2D eigenvalue weighted by Crippen LogP contribution is 2.28. The van der Waals surface area contributed by atoms with Crippen LogP contribution in [0, 0.1) is 6.92 Å². The van der Waals surface area contributed by atoms with Crippen LogP contribution < -0.4 is 5.32 Å². The van der Waals surface area contributed by atoms with Crippen molar-refractivity contribution < 1.29 is 9.32 Å². The molecule has 0 radical (unpaired) electrons. The molecule has 0 aliphatic heterocycles.